The van der Waals surface area contributed by atoms with E-state index in [-0.39, 0.29) is 6.10 Å². The molecule has 1 rings (SSSR count). The maximum atomic E-state index is 9.65. The predicted octanol–water partition coefficient (Wildman–Crippen LogP) is 3.19. The molecule has 0 aromatic carbocycles. The monoisotopic (exact) mass is 259 g/mol. The molecule has 4 unspecified atom stereocenters. The Kier molecular flexibility index (Phi) is 7.56. The van der Waals surface area contributed by atoms with Gasteiger partial charge in [0.1, 0.15) is 0 Å². The lowest BCUT2D eigenvalue weighted by atomic mass is 9.96. The Morgan fingerprint density at radius 1 is 1.18 bits per heavy atom. The second-order valence-electron chi connectivity index (χ2n) is 5.28. The average Bonchev–Trinajstić information content (AvgIpc) is 2.26. The van der Waals surface area contributed by atoms with Crippen LogP contribution in [0.15, 0.2) is 0 Å². The zero-order valence-corrected chi connectivity index (χ0v) is 12.4. The Labute approximate surface area is 111 Å². The number of aliphatic hydroxyl groups excluding tert-OH is 1. The van der Waals surface area contributed by atoms with E-state index in [2.05, 4.69) is 19.2 Å². The van der Waals surface area contributed by atoms with E-state index >= 15 is 0 Å². The van der Waals surface area contributed by atoms with Gasteiger partial charge >= 0.3 is 0 Å². The van der Waals surface area contributed by atoms with Gasteiger partial charge in [0, 0.05) is 16.5 Å². The van der Waals surface area contributed by atoms with Crippen molar-refractivity contribution in [2.24, 2.45) is 0 Å². The maximum absolute atomic E-state index is 9.65. The maximum Gasteiger partial charge on any atom is 0.0628 e. The van der Waals surface area contributed by atoms with Crippen molar-refractivity contribution >= 4 is 11.8 Å². The summed E-state index contributed by atoms with van der Waals surface area (Å²) in [5.74, 6) is 0. The van der Waals surface area contributed by atoms with Crippen LogP contribution in [0.5, 0.6) is 0 Å². The lowest BCUT2D eigenvalue weighted by Gasteiger charge is -2.32. The molecule has 0 bridgehead atoms. The molecule has 1 aliphatic carbocycles. The van der Waals surface area contributed by atoms with Crippen molar-refractivity contribution in [2.75, 3.05) is 6.54 Å². The van der Waals surface area contributed by atoms with Gasteiger partial charge in [-0.25, -0.2) is 0 Å². The standard InChI is InChI=1S/C14H29NOS/c1-4-15-13-9-7-5-6-8-10-14(13)17-12(3)11(2)16/h11-16H,4-10H2,1-3H3. The fourth-order valence-corrected chi connectivity index (χ4v) is 4.00. The summed E-state index contributed by atoms with van der Waals surface area (Å²) < 4.78 is 0. The predicted molar refractivity (Wildman–Crippen MR) is 77.7 cm³/mol. The zero-order valence-electron chi connectivity index (χ0n) is 11.6. The molecule has 0 saturated heterocycles. The quantitative estimate of drug-likeness (QED) is 0.795. The second-order valence-corrected chi connectivity index (χ2v) is 6.90. The Balaban J connectivity index is 2.53. The Morgan fingerprint density at radius 2 is 1.82 bits per heavy atom. The van der Waals surface area contributed by atoms with Crippen LogP contribution in [0.2, 0.25) is 0 Å². The first-order valence-electron chi connectivity index (χ1n) is 7.22. The molecule has 3 heteroatoms. The van der Waals surface area contributed by atoms with Gasteiger partial charge in [-0.2, -0.15) is 11.8 Å². The minimum Gasteiger partial charge on any atom is -0.392 e. The number of hydrogen-bond donors (Lipinski definition) is 2. The second kappa shape index (κ2) is 8.39. The van der Waals surface area contributed by atoms with Gasteiger partial charge in [-0.05, 0) is 26.3 Å². The van der Waals surface area contributed by atoms with Crippen molar-refractivity contribution < 1.29 is 5.11 Å². The molecule has 0 amide bonds. The molecule has 1 aliphatic rings. The number of aliphatic hydroxyl groups is 1. The topological polar surface area (TPSA) is 32.3 Å². The number of hydrogen-bond acceptors (Lipinski definition) is 3. The normalized spacial score (nSPS) is 30.4. The van der Waals surface area contributed by atoms with Crippen LogP contribution in [0.1, 0.15) is 59.3 Å². The van der Waals surface area contributed by atoms with Crippen LogP contribution < -0.4 is 5.32 Å². The number of nitrogens with one attached hydrogen (secondary N) is 1. The third kappa shape index (κ3) is 5.62. The fourth-order valence-electron chi connectivity index (χ4n) is 2.50. The number of rotatable bonds is 5. The molecular weight excluding hydrogens is 230 g/mol. The summed E-state index contributed by atoms with van der Waals surface area (Å²) in [6.45, 7) is 7.31. The largest absolute Gasteiger partial charge is 0.392 e. The van der Waals surface area contributed by atoms with E-state index in [9.17, 15) is 5.11 Å². The third-order valence-electron chi connectivity index (χ3n) is 3.74. The minimum absolute atomic E-state index is 0.201. The molecular formula is C14H29NOS. The van der Waals surface area contributed by atoms with Crippen molar-refractivity contribution in [3.63, 3.8) is 0 Å². The SMILES string of the molecule is CCNC1CCCCCCC1SC(C)C(C)O. The molecule has 0 radical (unpaired) electrons. The molecule has 0 spiro atoms. The zero-order chi connectivity index (χ0) is 12.7. The summed E-state index contributed by atoms with van der Waals surface area (Å²) in [4.78, 5) is 0. The van der Waals surface area contributed by atoms with Gasteiger partial charge in [0.15, 0.2) is 0 Å². The van der Waals surface area contributed by atoms with Crippen LogP contribution in [-0.4, -0.2) is 34.3 Å². The first kappa shape index (κ1) is 15.3. The van der Waals surface area contributed by atoms with E-state index in [1.54, 1.807) is 0 Å². The molecule has 2 nitrogen and oxygen atoms in total. The highest BCUT2D eigenvalue weighted by Gasteiger charge is 2.25. The van der Waals surface area contributed by atoms with Crippen molar-refractivity contribution in [1.29, 1.82) is 0 Å². The summed E-state index contributed by atoms with van der Waals surface area (Å²) in [6, 6.07) is 0.645. The Morgan fingerprint density at radius 3 is 2.41 bits per heavy atom. The molecule has 0 aromatic rings. The fraction of sp³-hybridized carbons (Fsp3) is 1.00. The summed E-state index contributed by atoms with van der Waals surface area (Å²) in [5.41, 5.74) is 0. The average molecular weight is 259 g/mol. The first-order chi connectivity index (χ1) is 8.15. The summed E-state index contributed by atoms with van der Waals surface area (Å²) >= 11 is 1.99. The van der Waals surface area contributed by atoms with Gasteiger partial charge in [-0.1, -0.05) is 39.5 Å². The van der Waals surface area contributed by atoms with Crippen molar-refractivity contribution in [3.05, 3.63) is 0 Å². The van der Waals surface area contributed by atoms with E-state index < -0.39 is 0 Å². The van der Waals surface area contributed by atoms with Crippen molar-refractivity contribution in [3.8, 4) is 0 Å². The van der Waals surface area contributed by atoms with Gasteiger partial charge in [0.25, 0.3) is 0 Å². The summed E-state index contributed by atoms with van der Waals surface area (Å²) in [6.07, 6.45) is 7.90. The van der Waals surface area contributed by atoms with E-state index in [1.165, 1.54) is 38.5 Å². The molecule has 0 aromatic heterocycles. The third-order valence-corrected chi connectivity index (χ3v) is 5.47. The summed E-state index contributed by atoms with van der Waals surface area (Å²) in [5, 5.41) is 14.3. The van der Waals surface area contributed by atoms with E-state index in [0.29, 0.717) is 16.5 Å². The van der Waals surface area contributed by atoms with Crippen LogP contribution in [0, 0.1) is 0 Å². The molecule has 0 aliphatic heterocycles. The first-order valence-corrected chi connectivity index (χ1v) is 8.16. The Hall–Kier alpha value is 0.270. The van der Waals surface area contributed by atoms with E-state index in [0.717, 1.165) is 6.54 Å². The molecule has 0 heterocycles. The van der Waals surface area contributed by atoms with Gasteiger partial charge < -0.3 is 10.4 Å². The van der Waals surface area contributed by atoms with Gasteiger partial charge in [-0.15, -0.1) is 0 Å². The van der Waals surface area contributed by atoms with Crippen LogP contribution in [0.4, 0.5) is 0 Å². The molecule has 2 N–H and O–H groups in total. The lowest BCUT2D eigenvalue weighted by Crippen LogP contribution is -2.40. The molecule has 4 atom stereocenters. The van der Waals surface area contributed by atoms with Gasteiger partial charge in [0.05, 0.1) is 6.10 Å². The smallest absolute Gasteiger partial charge is 0.0628 e. The van der Waals surface area contributed by atoms with Gasteiger partial charge in [-0.3, -0.25) is 0 Å². The lowest BCUT2D eigenvalue weighted by molar-refractivity contribution is 0.196. The van der Waals surface area contributed by atoms with Crippen molar-refractivity contribution in [1.82, 2.24) is 5.32 Å². The summed E-state index contributed by atoms with van der Waals surface area (Å²) in [7, 11) is 0. The highest BCUT2D eigenvalue weighted by atomic mass is 32.2. The highest BCUT2D eigenvalue weighted by molar-refractivity contribution is 8.00. The van der Waals surface area contributed by atoms with Crippen LogP contribution in [0.25, 0.3) is 0 Å². The van der Waals surface area contributed by atoms with E-state index in [4.69, 9.17) is 0 Å². The molecule has 17 heavy (non-hydrogen) atoms. The molecule has 102 valence electrons. The van der Waals surface area contributed by atoms with Crippen LogP contribution >= 0.6 is 11.8 Å². The van der Waals surface area contributed by atoms with E-state index in [1.807, 2.05) is 18.7 Å². The van der Waals surface area contributed by atoms with Gasteiger partial charge in [0.2, 0.25) is 0 Å². The minimum atomic E-state index is -0.201. The highest BCUT2D eigenvalue weighted by Crippen LogP contribution is 2.31. The number of thioether (sulfide) groups is 1. The van der Waals surface area contributed by atoms with Crippen LogP contribution in [-0.2, 0) is 0 Å². The van der Waals surface area contributed by atoms with Crippen molar-refractivity contribution in [2.45, 2.75) is 81.9 Å². The molecule has 1 fully saturated rings. The Bertz CT molecular complexity index is 199. The van der Waals surface area contributed by atoms with Crippen LogP contribution in [0.3, 0.4) is 0 Å². The molecule has 1 saturated carbocycles.